The van der Waals surface area contributed by atoms with Gasteiger partial charge in [0, 0.05) is 23.9 Å². The van der Waals surface area contributed by atoms with Gasteiger partial charge in [0.1, 0.15) is 17.7 Å². The van der Waals surface area contributed by atoms with Crippen LogP contribution in [0.3, 0.4) is 0 Å². The molecule has 3 heterocycles. The largest absolute Gasteiger partial charge is 0.472 e. The Morgan fingerprint density at radius 1 is 1.02 bits per heavy atom. The molecule has 3 saturated carbocycles. The molecule has 3 aliphatic carbocycles. The van der Waals surface area contributed by atoms with Gasteiger partial charge in [-0.15, -0.1) is 6.58 Å². The summed E-state index contributed by atoms with van der Waals surface area (Å²) in [6.45, 7) is 4.15. The van der Waals surface area contributed by atoms with E-state index in [9.17, 15) is 27.6 Å². The van der Waals surface area contributed by atoms with Gasteiger partial charge in [0.05, 0.1) is 30.7 Å². The van der Waals surface area contributed by atoms with Crippen LogP contribution >= 0.6 is 0 Å². The van der Waals surface area contributed by atoms with E-state index in [1.54, 1.807) is 6.20 Å². The monoisotopic (exact) mass is 746 g/mol. The van der Waals surface area contributed by atoms with Crippen molar-refractivity contribution in [3.63, 3.8) is 0 Å². The maximum absolute atomic E-state index is 14.8. The number of hydrogen-bond acceptors (Lipinski definition) is 9. The van der Waals surface area contributed by atoms with Crippen molar-refractivity contribution in [2.75, 3.05) is 13.2 Å². The number of fused-ring (bicyclic) bond motifs is 3. The van der Waals surface area contributed by atoms with Gasteiger partial charge in [-0.25, -0.2) is 13.4 Å². The first-order valence-corrected chi connectivity index (χ1v) is 20.8. The SMILES string of the molecule is C=C[C@H]1C[C@]1(NC(=O)[C@@H]1C[C@@H]2CN1C(=O)[C@H](C1CCCCC1)CC(=O)OCCCCC/C=C/c1ccc3ccnc(c3c1)O2)C(=O)NS(=O)(=O)C1CC1. The molecule has 13 heteroatoms. The topological polar surface area (TPSA) is 161 Å². The third-order valence-electron chi connectivity index (χ3n) is 11.6. The van der Waals surface area contributed by atoms with Gasteiger partial charge in [0.2, 0.25) is 27.7 Å². The molecule has 7 rings (SSSR count). The number of rotatable bonds is 7. The van der Waals surface area contributed by atoms with Crippen molar-refractivity contribution in [3.05, 3.63) is 54.8 Å². The number of pyridine rings is 1. The van der Waals surface area contributed by atoms with E-state index in [1.807, 2.05) is 24.3 Å². The lowest BCUT2D eigenvalue weighted by atomic mass is 9.77. The third-order valence-corrected chi connectivity index (χ3v) is 13.5. The number of benzene rings is 1. The Labute approximate surface area is 311 Å². The summed E-state index contributed by atoms with van der Waals surface area (Å²) in [4.78, 5) is 62.0. The summed E-state index contributed by atoms with van der Waals surface area (Å²) < 4.78 is 39.9. The predicted molar refractivity (Wildman–Crippen MR) is 199 cm³/mol. The minimum absolute atomic E-state index is 0.0476. The molecule has 53 heavy (non-hydrogen) atoms. The number of carbonyl (C=O) groups is 4. The molecule has 1 aromatic carbocycles. The van der Waals surface area contributed by atoms with E-state index in [-0.39, 0.29) is 44.2 Å². The molecule has 3 amide bonds. The number of amides is 3. The summed E-state index contributed by atoms with van der Waals surface area (Å²) in [5.41, 5.74) is -0.519. The minimum atomic E-state index is -3.87. The number of carbonyl (C=O) groups excluding carboxylic acids is 4. The quantitative estimate of drug-likeness (QED) is 0.295. The second-order valence-electron chi connectivity index (χ2n) is 15.4. The molecular weight excluding hydrogens is 697 g/mol. The van der Waals surface area contributed by atoms with E-state index >= 15 is 0 Å². The summed E-state index contributed by atoms with van der Waals surface area (Å²) in [6, 6.07) is 6.93. The second kappa shape index (κ2) is 15.6. The van der Waals surface area contributed by atoms with E-state index in [4.69, 9.17) is 9.47 Å². The number of allylic oxidation sites excluding steroid dienone is 1. The number of ether oxygens (including phenoxy) is 2. The standard InChI is InChI=1S/C40H50N4O8S/c1-2-29-24-40(29,39(48)43-53(49,50)31-16-17-31)42-36(46)34-22-30-25-44(34)38(47)33(27-12-8-6-9-13-27)23-35(45)51-20-10-5-3-4-7-11-26-14-15-28-18-19-41-37(52-30)32(28)21-26/h2,7,11,14-15,18-19,21,27,29-31,33-34H,1,3-6,8-10,12-13,16-17,20,22-25H2,(H,42,46)(H,43,48)/b11-7+/t29-,30+,33-,34-,40+/m0/s1. The Morgan fingerprint density at radius 2 is 1.81 bits per heavy atom. The molecule has 1 saturated heterocycles. The highest BCUT2D eigenvalue weighted by atomic mass is 32.2. The molecule has 0 spiro atoms. The zero-order chi connectivity index (χ0) is 37.2. The molecule has 2 aliphatic heterocycles. The predicted octanol–water partition coefficient (Wildman–Crippen LogP) is 4.97. The highest BCUT2D eigenvalue weighted by molar-refractivity contribution is 7.91. The summed E-state index contributed by atoms with van der Waals surface area (Å²) >= 11 is 0. The maximum Gasteiger partial charge on any atom is 0.306 e. The van der Waals surface area contributed by atoms with Crippen molar-refractivity contribution < 1.29 is 37.1 Å². The summed E-state index contributed by atoms with van der Waals surface area (Å²) in [7, 11) is -3.87. The van der Waals surface area contributed by atoms with Gasteiger partial charge in [-0.1, -0.05) is 49.6 Å². The fraction of sp³-hybridized carbons (Fsp3) is 0.575. The first kappa shape index (κ1) is 37.1. The van der Waals surface area contributed by atoms with E-state index < -0.39 is 62.6 Å². The molecule has 0 radical (unpaired) electrons. The number of aromatic nitrogens is 1. The molecule has 12 nitrogen and oxygen atoms in total. The normalized spacial score (nSPS) is 29.5. The Bertz CT molecular complexity index is 1890. The van der Waals surface area contributed by atoms with Crippen LogP contribution in [0.25, 0.3) is 16.8 Å². The first-order valence-electron chi connectivity index (χ1n) is 19.3. The van der Waals surface area contributed by atoms with Gasteiger partial charge in [0.15, 0.2) is 0 Å². The number of sulfonamides is 1. The molecule has 0 unspecified atom stereocenters. The van der Waals surface area contributed by atoms with Gasteiger partial charge in [-0.3, -0.25) is 23.9 Å². The average molecular weight is 747 g/mol. The summed E-state index contributed by atoms with van der Waals surface area (Å²) in [5, 5.41) is 3.98. The summed E-state index contributed by atoms with van der Waals surface area (Å²) in [6.07, 6.45) is 15.9. The fourth-order valence-electron chi connectivity index (χ4n) is 8.30. The average Bonchev–Trinajstić information content (AvgIpc) is 4.08. The lowest BCUT2D eigenvalue weighted by Crippen LogP contribution is -2.57. The van der Waals surface area contributed by atoms with Crippen molar-refractivity contribution in [3.8, 4) is 5.88 Å². The fourth-order valence-corrected chi connectivity index (χ4v) is 9.66. The van der Waals surface area contributed by atoms with E-state index in [1.165, 1.54) is 11.0 Å². The van der Waals surface area contributed by atoms with Crippen LogP contribution in [0.5, 0.6) is 5.88 Å². The van der Waals surface area contributed by atoms with Crippen molar-refractivity contribution in [2.24, 2.45) is 17.8 Å². The minimum Gasteiger partial charge on any atom is -0.472 e. The number of esters is 1. The van der Waals surface area contributed by atoms with Gasteiger partial charge in [-0.2, -0.15) is 0 Å². The first-order chi connectivity index (χ1) is 25.6. The smallest absolute Gasteiger partial charge is 0.306 e. The Morgan fingerprint density at radius 3 is 2.57 bits per heavy atom. The van der Waals surface area contributed by atoms with Crippen molar-refractivity contribution in [1.82, 2.24) is 19.9 Å². The van der Waals surface area contributed by atoms with Crippen LogP contribution in [-0.4, -0.2) is 78.1 Å². The highest BCUT2D eigenvalue weighted by Crippen LogP contribution is 2.46. The van der Waals surface area contributed by atoms with Crippen molar-refractivity contribution >= 4 is 50.6 Å². The third kappa shape index (κ3) is 8.29. The van der Waals surface area contributed by atoms with E-state index in [2.05, 4.69) is 33.8 Å². The van der Waals surface area contributed by atoms with Crippen LogP contribution in [0.4, 0.5) is 0 Å². The zero-order valence-electron chi connectivity index (χ0n) is 30.2. The molecule has 4 fully saturated rings. The van der Waals surface area contributed by atoms with Crippen LogP contribution in [0.1, 0.15) is 95.5 Å². The second-order valence-corrected chi connectivity index (χ2v) is 17.4. The molecule has 4 bridgehead atoms. The molecule has 1 aromatic heterocycles. The van der Waals surface area contributed by atoms with E-state index in [0.717, 1.165) is 74.1 Å². The molecular formula is C40H50N4O8S. The highest BCUT2D eigenvalue weighted by Gasteiger charge is 2.62. The number of nitrogens with one attached hydrogen (secondary N) is 2. The molecule has 284 valence electrons. The van der Waals surface area contributed by atoms with Crippen LogP contribution in [-0.2, 0) is 33.9 Å². The van der Waals surface area contributed by atoms with Gasteiger partial charge in [0.25, 0.3) is 5.91 Å². The van der Waals surface area contributed by atoms with Crippen molar-refractivity contribution in [1.29, 1.82) is 0 Å². The van der Waals surface area contributed by atoms with Gasteiger partial charge < -0.3 is 19.7 Å². The van der Waals surface area contributed by atoms with Crippen LogP contribution in [0, 0.1) is 17.8 Å². The number of cyclic esters (lactones) is 1. The number of hydrogen-bond donors (Lipinski definition) is 2. The molecule has 5 aliphatic rings. The maximum atomic E-state index is 14.8. The Hall–Kier alpha value is -4.26. The van der Waals surface area contributed by atoms with Crippen molar-refractivity contribution in [2.45, 2.75) is 113 Å². The Balaban J connectivity index is 1.21. The van der Waals surface area contributed by atoms with Crippen LogP contribution in [0.2, 0.25) is 0 Å². The lowest BCUT2D eigenvalue weighted by Gasteiger charge is -2.34. The molecule has 5 atom stereocenters. The lowest BCUT2D eigenvalue weighted by molar-refractivity contribution is -0.152. The molecule has 2 N–H and O–H groups in total. The Kier molecular flexibility index (Phi) is 10.9. The van der Waals surface area contributed by atoms with E-state index in [0.29, 0.717) is 18.7 Å². The van der Waals surface area contributed by atoms with Gasteiger partial charge >= 0.3 is 5.97 Å². The number of nitrogens with zero attached hydrogens (tertiary/aromatic N) is 2. The summed E-state index contributed by atoms with van der Waals surface area (Å²) in [5.74, 6) is -2.97. The molecule has 2 aromatic rings. The van der Waals surface area contributed by atoms with Crippen LogP contribution < -0.4 is 14.8 Å². The zero-order valence-corrected chi connectivity index (χ0v) is 31.0. The van der Waals surface area contributed by atoms with Crippen LogP contribution in [0.15, 0.2) is 49.2 Å². The van der Waals surface area contributed by atoms with Gasteiger partial charge in [-0.05, 0) is 86.8 Å².